The first-order valence-electron chi connectivity index (χ1n) is 9.89. The number of hydrogen-bond acceptors (Lipinski definition) is 7. The third-order valence-corrected chi connectivity index (χ3v) is 6.41. The summed E-state index contributed by atoms with van der Waals surface area (Å²) in [4.78, 5) is 16.7. The van der Waals surface area contributed by atoms with Crippen molar-refractivity contribution in [3.05, 3.63) is 78.1 Å². The number of nitrogens with zero attached hydrogens (tertiary/aromatic N) is 3. The predicted octanol–water partition coefficient (Wildman–Crippen LogP) is 2.75. The Kier molecular flexibility index (Phi) is 7.62. The highest BCUT2D eigenvalue weighted by Crippen LogP contribution is 2.33. The molecule has 0 saturated carbocycles. The van der Waals surface area contributed by atoms with E-state index in [0.717, 1.165) is 9.87 Å². The molecule has 0 aliphatic carbocycles. The SMILES string of the molecule is COc1ccc(N(CC(=O)N/N=C\c2ccccn2)S(=O)(=O)c2ccc(C)cc2)cc1OC. The molecule has 33 heavy (non-hydrogen) atoms. The number of anilines is 1. The van der Waals surface area contributed by atoms with Crippen LogP contribution in [-0.2, 0) is 14.8 Å². The second-order valence-corrected chi connectivity index (χ2v) is 8.77. The molecule has 1 amide bonds. The second-order valence-electron chi connectivity index (χ2n) is 6.91. The molecule has 1 N–H and O–H groups in total. The molecule has 172 valence electrons. The molecule has 1 heterocycles. The van der Waals surface area contributed by atoms with Crippen molar-refractivity contribution in [3.8, 4) is 11.5 Å². The van der Waals surface area contributed by atoms with Gasteiger partial charge >= 0.3 is 0 Å². The van der Waals surface area contributed by atoms with Crippen LogP contribution >= 0.6 is 0 Å². The number of nitrogens with one attached hydrogen (secondary N) is 1. The van der Waals surface area contributed by atoms with Crippen molar-refractivity contribution >= 4 is 27.8 Å². The van der Waals surface area contributed by atoms with Gasteiger partial charge in [-0.2, -0.15) is 5.10 Å². The maximum absolute atomic E-state index is 13.5. The number of carbonyl (C=O) groups is 1. The van der Waals surface area contributed by atoms with Crippen LogP contribution in [0.25, 0.3) is 0 Å². The average molecular weight is 469 g/mol. The van der Waals surface area contributed by atoms with Gasteiger partial charge < -0.3 is 9.47 Å². The lowest BCUT2D eigenvalue weighted by molar-refractivity contribution is -0.119. The molecule has 3 rings (SSSR count). The Bertz CT molecular complexity index is 1230. The summed E-state index contributed by atoms with van der Waals surface area (Å²) in [6, 6.07) is 16.2. The van der Waals surface area contributed by atoms with Crippen LogP contribution < -0.4 is 19.2 Å². The predicted molar refractivity (Wildman–Crippen MR) is 125 cm³/mol. The van der Waals surface area contributed by atoms with Crippen LogP contribution in [0.15, 0.2) is 76.9 Å². The maximum Gasteiger partial charge on any atom is 0.264 e. The molecular formula is C23H24N4O5S. The molecule has 0 saturated heterocycles. The fourth-order valence-electron chi connectivity index (χ4n) is 2.92. The zero-order valence-corrected chi connectivity index (χ0v) is 19.2. The lowest BCUT2D eigenvalue weighted by Crippen LogP contribution is -2.39. The van der Waals surface area contributed by atoms with Crippen molar-refractivity contribution in [1.29, 1.82) is 0 Å². The van der Waals surface area contributed by atoms with E-state index in [2.05, 4.69) is 15.5 Å². The fourth-order valence-corrected chi connectivity index (χ4v) is 4.33. The van der Waals surface area contributed by atoms with Gasteiger partial charge in [0.2, 0.25) is 0 Å². The molecular weight excluding hydrogens is 444 g/mol. The van der Waals surface area contributed by atoms with Crippen LogP contribution in [0.4, 0.5) is 5.69 Å². The Morgan fingerprint density at radius 3 is 2.42 bits per heavy atom. The molecule has 0 unspecified atom stereocenters. The first-order valence-corrected chi connectivity index (χ1v) is 11.3. The van der Waals surface area contributed by atoms with Crippen LogP contribution in [0.5, 0.6) is 11.5 Å². The zero-order chi connectivity index (χ0) is 23.8. The quantitative estimate of drug-likeness (QED) is 0.382. The van der Waals surface area contributed by atoms with Crippen LogP contribution in [0, 0.1) is 6.92 Å². The van der Waals surface area contributed by atoms with Crippen LogP contribution in [0.3, 0.4) is 0 Å². The van der Waals surface area contributed by atoms with Gasteiger partial charge in [-0.15, -0.1) is 0 Å². The summed E-state index contributed by atoms with van der Waals surface area (Å²) in [5.41, 5.74) is 4.03. The highest BCUT2D eigenvalue weighted by molar-refractivity contribution is 7.92. The number of carbonyl (C=O) groups excluding carboxylic acids is 1. The van der Waals surface area contributed by atoms with Crippen molar-refractivity contribution in [1.82, 2.24) is 10.4 Å². The third-order valence-electron chi connectivity index (χ3n) is 4.63. The molecule has 2 aromatic carbocycles. The number of sulfonamides is 1. The van der Waals surface area contributed by atoms with E-state index < -0.39 is 22.5 Å². The number of ether oxygens (including phenoxy) is 2. The van der Waals surface area contributed by atoms with Gasteiger partial charge in [0, 0.05) is 12.3 Å². The molecule has 9 nitrogen and oxygen atoms in total. The van der Waals surface area contributed by atoms with E-state index in [0.29, 0.717) is 17.2 Å². The number of benzene rings is 2. The van der Waals surface area contributed by atoms with E-state index in [1.165, 1.54) is 44.7 Å². The third kappa shape index (κ3) is 5.86. The monoisotopic (exact) mass is 468 g/mol. The summed E-state index contributed by atoms with van der Waals surface area (Å²) in [5, 5.41) is 3.86. The van der Waals surface area contributed by atoms with Gasteiger partial charge in [0.15, 0.2) is 11.5 Å². The molecule has 0 atom stereocenters. The number of methoxy groups -OCH3 is 2. The van der Waals surface area contributed by atoms with Gasteiger partial charge in [-0.1, -0.05) is 23.8 Å². The standard InChI is InChI=1S/C23H24N4O5S/c1-17-7-10-20(11-8-17)33(29,30)27(19-9-12-21(31-2)22(14-19)32-3)16-23(28)26-25-15-18-6-4-5-13-24-18/h4-15H,16H2,1-3H3,(H,26,28)/b25-15-. The van der Waals surface area contributed by atoms with E-state index in [-0.39, 0.29) is 10.6 Å². The molecule has 0 radical (unpaired) electrons. The van der Waals surface area contributed by atoms with E-state index in [1.807, 2.05) is 6.92 Å². The van der Waals surface area contributed by atoms with Crippen LogP contribution in [-0.4, -0.2) is 46.3 Å². The number of amides is 1. The van der Waals surface area contributed by atoms with Crippen LogP contribution in [0.2, 0.25) is 0 Å². The average Bonchev–Trinajstić information content (AvgIpc) is 2.83. The molecule has 10 heteroatoms. The van der Waals surface area contributed by atoms with Crippen molar-refractivity contribution in [2.24, 2.45) is 5.10 Å². The molecule has 0 aliphatic rings. The summed E-state index contributed by atoms with van der Waals surface area (Å²) >= 11 is 0. The number of hydrazone groups is 1. The first-order chi connectivity index (χ1) is 15.8. The summed E-state index contributed by atoms with van der Waals surface area (Å²) in [7, 11) is -1.15. The minimum atomic E-state index is -4.08. The van der Waals surface area contributed by atoms with Gasteiger partial charge in [0.05, 0.1) is 36.7 Å². The topological polar surface area (TPSA) is 110 Å². The second kappa shape index (κ2) is 10.6. The Balaban J connectivity index is 1.92. The van der Waals surface area contributed by atoms with Crippen molar-refractivity contribution in [2.75, 3.05) is 25.1 Å². The molecule has 0 aliphatic heterocycles. The van der Waals surface area contributed by atoms with Gasteiger partial charge in [0.25, 0.3) is 15.9 Å². The van der Waals surface area contributed by atoms with Gasteiger partial charge in [-0.05, 0) is 43.3 Å². The Morgan fingerprint density at radius 2 is 1.79 bits per heavy atom. The largest absolute Gasteiger partial charge is 0.493 e. The molecule has 0 spiro atoms. The lowest BCUT2D eigenvalue weighted by Gasteiger charge is -2.24. The van der Waals surface area contributed by atoms with Gasteiger partial charge in [0.1, 0.15) is 6.54 Å². The van der Waals surface area contributed by atoms with E-state index in [9.17, 15) is 13.2 Å². The van der Waals surface area contributed by atoms with Crippen molar-refractivity contribution in [3.63, 3.8) is 0 Å². The normalized spacial score (nSPS) is 11.2. The van der Waals surface area contributed by atoms with E-state index >= 15 is 0 Å². The number of pyridine rings is 1. The lowest BCUT2D eigenvalue weighted by atomic mass is 10.2. The summed E-state index contributed by atoms with van der Waals surface area (Å²) in [5.74, 6) is 0.124. The highest BCUT2D eigenvalue weighted by Gasteiger charge is 2.28. The minimum Gasteiger partial charge on any atom is -0.493 e. The number of aromatic nitrogens is 1. The smallest absolute Gasteiger partial charge is 0.264 e. The van der Waals surface area contributed by atoms with Crippen molar-refractivity contribution in [2.45, 2.75) is 11.8 Å². The number of aryl methyl sites for hydroxylation is 1. The molecule has 1 aromatic heterocycles. The Labute approximate surface area is 192 Å². The zero-order valence-electron chi connectivity index (χ0n) is 18.4. The molecule has 3 aromatic rings. The number of rotatable bonds is 9. The Hall–Kier alpha value is -3.92. The summed E-state index contributed by atoms with van der Waals surface area (Å²) < 4.78 is 38.4. The molecule has 0 fully saturated rings. The summed E-state index contributed by atoms with van der Waals surface area (Å²) in [6.07, 6.45) is 2.96. The van der Waals surface area contributed by atoms with E-state index in [4.69, 9.17) is 9.47 Å². The summed E-state index contributed by atoms with van der Waals surface area (Å²) in [6.45, 7) is 1.35. The minimum absolute atomic E-state index is 0.0488. The maximum atomic E-state index is 13.5. The highest BCUT2D eigenvalue weighted by atomic mass is 32.2. The van der Waals surface area contributed by atoms with Crippen molar-refractivity contribution < 1.29 is 22.7 Å². The van der Waals surface area contributed by atoms with E-state index in [1.54, 1.807) is 42.6 Å². The molecule has 0 bridgehead atoms. The van der Waals surface area contributed by atoms with Crippen LogP contribution in [0.1, 0.15) is 11.3 Å². The first kappa shape index (κ1) is 23.7. The Morgan fingerprint density at radius 1 is 1.06 bits per heavy atom. The number of hydrogen-bond donors (Lipinski definition) is 1. The fraction of sp³-hybridized carbons (Fsp3) is 0.174. The van der Waals surface area contributed by atoms with Gasteiger partial charge in [-0.3, -0.25) is 14.1 Å². The van der Waals surface area contributed by atoms with Gasteiger partial charge in [-0.25, -0.2) is 13.8 Å².